The number of piperidine rings is 1. The highest BCUT2D eigenvalue weighted by atomic mass is 19.1. The maximum Gasteiger partial charge on any atom is 0.317 e. The van der Waals surface area contributed by atoms with E-state index in [2.05, 4.69) is 19.2 Å². The maximum atomic E-state index is 13.1. The molecule has 2 aliphatic heterocycles. The Morgan fingerprint density at radius 3 is 2.37 bits per heavy atom. The topological polar surface area (TPSA) is 73.0 Å². The van der Waals surface area contributed by atoms with Crippen LogP contribution in [0, 0.1) is 11.7 Å². The normalized spacial score (nSPS) is 18.3. The van der Waals surface area contributed by atoms with Crippen LogP contribution in [-0.4, -0.2) is 71.3 Å². The molecule has 0 aliphatic carbocycles. The molecule has 0 aromatic heterocycles. The molecule has 0 spiro atoms. The van der Waals surface area contributed by atoms with E-state index in [-0.39, 0.29) is 17.9 Å². The molecule has 0 bridgehead atoms. The third-order valence-corrected chi connectivity index (χ3v) is 5.82. The van der Waals surface area contributed by atoms with Gasteiger partial charge in [-0.3, -0.25) is 9.59 Å². The molecule has 0 unspecified atom stereocenters. The van der Waals surface area contributed by atoms with Crippen LogP contribution in [0.1, 0.15) is 38.7 Å². The van der Waals surface area contributed by atoms with Gasteiger partial charge in [0.25, 0.3) is 0 Å². The minimum Gasteiger partial charge on any atom is -0.338 e. The Bertz CT molecular complexity index is 760. The Morgan fingerprint density at radius 1 is 1.07 bits per heavy atom. The Kier molecular flexibility index (Phi) is 7.29. The van der Waals surface area contributed by atoms with Crippen LogP contribution in [0.5, 0.6) is 0 Å². The van der Waals surface area contributed by atoms with E-state index < -0.39 is 11.8 Å². The number of nitrogens with zero attached hydrogens (tertiary/aromatic N) is 3. The Balaban J connectivity index is 1.48. The van der Waals surface area contributed by atoms with E-state index in [0.29, 0.717) is 58.0 Å². The molecule has 2 fully saturated rings. The van der Waals surface area contributed by atoms with Crippen LogP contribution in [0.3, 0.4) is 0 Å². The van der Waals surface area contributed by atoms with Crippen molar-refractivity contribution in [2.45, 2.75) is 45.7 Å². The summed E-state index contributed by atoms with van der Waals surface area (Å²) in [5, 5.41) is 2.95. The highest BCUT2D eigenvalue weighted by Crippen LogP contribution is 2.20. The second kappa shape index (κ2) is 9.91. The quantitative estimate of drug-likeness (QED) is 0.720. The van der Waals surface area contributed by atoms with Gasteiger partial charge in [-0.2, -0.15) is 0 Å². The van der Waals surface area contributed by atoms with Gasteiger partial charge in [-0.05, 0) is 42.9 Å². The Morgan fingerprint density at radius 2 is 1.73 bits per heavy atom. The van der Waals surface area contributed by atoms with Crippen molar-refractivity contribution < 1.29 is 18.8 Å². The van der Waals surface area contributed by atoms with Crippen molar-refractivity contribution in [3.05, 3.63) is 35.6 Å². The monoisotopic (exact) mass is 418 g/mol. The number of hydrogen-bond acceptors (Lipinski definition) is 3. The van der Waals surface area contributed by atoms with Crippen LogP contribution in [0.25, 0.3) is 0 Å². The summed E-state index contributed by atoms with van der Waals surface area (Å²) in [6, 6.07) is 5.88. The van der Waals surface area contributed by atoms with Gasteiger partial charge in [-0.25, -0.2) is 9.18 Å². The zero-order valence-electron chi connectivity index (χ0n) is 17.8. The fourth-order valence-electron chi connectivity index (χ4n) is 3.96. The number of hydrogen-bond donors (Lipinski definition) is 1. The molecule has 1 aromatic rings. The average Bonchev–Trinajstić information content (AvgIpc) is 2.73. The number of benzene rings is 1. The van der Waals surface area contributed by atoms with E-state index >= 15 is 0 Å². The average molecular weight is 419 g/mol. The van der Waals surface area contributed by atoms with Crippen molar-refractivity contribution in [3.63, 3.8) is 0 Å². The summed E-state index contributed by atoms with van der Waals surface area (Å²) in [7, 11) is 0. The summed E-state index contributed by atoms with van der Waals surface area (Å²) in [6.07, 6.45) is 2.30. The number of piperazine rings is 1. The summed E-state index contributed by atoms with van der Waals surface area (Å²) >= 11 is 0. The molecule has 2 saturated heterocycles. The second-order valence-corrected chi connectivity index (χ2v) is 8.48. The predicted octanol–water partition coefficient (Wildman–Crippen LogP) is 2.22. The van der Waals surface area contributed by atoms with Crippen molar-refractivity contribution in [1.29, 1.82) is 0 Å². The first kappa shape index (κ1) is 22.1. The molecular formula is C22H31FN4O3. The number of rotatable bonds is 6. The van der Waals surface area contributed by atoms with Crippen LogP contribution in [-0.2, 0) is 16.1 Å². The molecule has 0 atom stereocenters. The molecule has 30 heavy (non-hydrogen) atoms. The number of likely N-dealkylation sites (tertiary alicyclic amines) is 1. The van der Waals surface area contributed by atoms with Gasteiger partial charge >= 0.3 is 17.8 Å². The summed E-state index contributed by atoms with van der Waals surface area (Å²) in [4.78, 5) is 42.5. The smallest absolute Gasteiger partial charge is 0.317 e. The lowest BCUT2D eigenvalue weighted by atomic mass is 10.0. The van der Waals surface area contributed by atoms with Crippen molar-refractivity contribution in [1.82, 2.24) is 20.0 Å². The molecule has 7 nitrogen and oxygen atoms in total. The van der Waals surface area contributed by atoms with Gasteiger partial charge in [0.05, 0.1) is 0 Å². The van der Waals surface area contributed by atoms with E-state index in [1.54, 1.807) is 21.9 Å². The molecule has 2 heterocycles. The fourth-order valence-corrected chi connectivity index (χ4v) is 3.96. The van der Waals surface area contributed by atoms with E-state index in [9.17, 15) is 18.8 Å². The highest BCUT2D eigenvalue weighted by Gasteiger charge is 2.37. The van der Waals surface area contributed by atoms with E-state index in [0.717, 1.165) is 12.0 Å². The van der Waals surface area contributed by atoms with Crippen LogP contribution in [0.4, 0.5) is 9.18 Å². The van der Waals surface area contributed by atoms with Gasteiger partial charge in [0.2, 0.25) is 0 Å². The van der Waals surface area contributed by atoms with Gasteiger partial charge in [0.15, 0.2) is 0 Å². The molecule has 2 aliphatic rings. The van der Waals surface area contributed by atoms with Crippen LogP contribution in [0.15, 0.2) is 24.3 Å². The van der Waals surface area contributed by atoms with Crippen LogP contribution < -0.4 is 5.32 Å². The first-order chi connectivity index (χ1) is 14.3. The lowest BCUT2D eigenvalue weighted by Gasteiger charge is -2.42. The molecule has 3 rings (SSSR count). The van der Waals surface area contributed by atoms with E-state index in [4.69, 9.17) is 0 Å². The minimum atomic E-state index is -0.514. The lowest BCUT2D eigenvalue weighted by Crippen LogP contribution is -2.59. The van der Waals surface area contributed by atoms with Gasteiger partial charge in [0, 0.05) is 45.3 Å². The Hall–Kier alpha value is -2.64. The molecule has 8 heteroatoms. The number of carbonyl (C=O) groups excluding carboxylic acids is 3. The van der Waals surface area contributed by atoms with E-state index in [1.165, 1.54) is 17.0 Å². The van der Waals surface area contributed by atoms with Crippen molar-refractivity contribution in [3.8, 4) is 0 Å². The molecule has 0 saturated carbocycles. The molecule has 0 radical (unpaired) electrons. The maximum absolute atomic E-state index is 13.1. The summed E-state index contributed by atoms with van der Waals surface area (Å²) in [6.45, 7) is 7.30. The molecule has 1 aromatic carbocycles. The summed E-state index contributed by atoms with van der Waals surface area (Å²) in [5.41, 5.74) is 0.794. The number of urea groups is 1. The number of carbonyl (C=O) groups is 3. The lowest BCUT2D eigenvalue weighted by molar-refractivity contribution is -0.158. The molecule has 1 N–H and O–H groups in total. The third kappa shape index (κ3) is 5.49. The first-order valence-corrected chi connectivity index (χ1v) is 10.7. The molecular weight excluding hydrogens is 387 g/mol. The third-order valence-electron chi connectivity index (χ3n) is 5.82. The van der Waals surface area contributed by atoms with Gasteiger partial charge in [-0.1, -0.05) is 26.0 Å². The number of nitrogens with one attached hydrogen (secondary N) is 1. The Labute approximate surface area is 177 Å². The SMILES string of the molecule is CC(C)CCNC(=O)N1CCC(N2CCN(Cc3ccc(F)cc3)C(=O)C2=O)CC1. The number of amides is 4. The highest BCUT2D eigenvalue weighted by molar-refractivity contribution is 6.35. The first-order valence-electron chi connectivity index (χ1n) is 10.7. The van der Waals surface area contributed by atoms with Gasteiger partial charge < -0.3 is 20.0 Å². The minimum absolute atomic E-state index is 0.0193. The largest absolute Gasteiger partial charge is 0.338 e. The van der Waals surface area contributed by atoms with Gasteiger partial charge in [-0.15, -0.1) is 0 Å². The zero-order valence-corrected chi connectivity index (χ0v) is 17.8. The van der Waals surface area contributed by atoms with E-state index in [1.807, 2.05) is 0 Å². The molecule has 164 valence electrons. The van der Waals surface area contributed by atoms with Crippen molar-refractivity contribution in [2.75, 3.05) is 32.7 Å². The summed E-state index contributed by atoms with van der Waals surface area (Å²) < 4.78 is 13.1. The molecule has 4 amide bonds. The van der Waals surface area contributed by atoms with Gasteiger partial charge in [0.1, 0.15) is 5.82 Å². The summed E-state index contributed by atoms with van der Waals surface area (Å²) in [5.74, 6) is -0.783. The van der Waals surface area contributed by atoms with Crippen molar-refractivity contribution >= 4 is 17.8 Å². The number of halogens is 1. The van der Waals surface area contributed by atoms with Crippen LogP contribution in [0.2, 0.25) is 0 Å². The van der Waals surface area contributed by atoms with Crippen molar-refractivity contribution in [2.24, 2.45) is 5.92 Å². The predicted molar refractivity (Wildman–Crippen MR) is 111 cm³/mol. The second-order valence-electron chi connectivity index (χ2n) is 8.48. The standard InChI is InChI=1S/C22H31FN4O3/c1-16(2)7-10-24-22(30)25-11-8-19(9-12-25)27-14-13-26(20(28)21(27)29)15-17-3-5-18(23)6-4-17/h3-6,16,19H,7-15H2,1-2H3,(H,24,30). The fraction of sp³-hybridized carbons (Fsp3) is 0.591. The van der Waals surface area contributed by atoms with Crippen LogP contribution >= 0.6 is 0 Å². The zero-order chi connectivity index (χ0) is 21.7.